The summed E-state index contributed by atoms with van der Waals surface area (Å²) in [6.07, 6.45) is 4.75. The number of halogens is 1. The molecule has 2 rings (SSSR count). The van der Waals surface area contributed by atoms with Gasteiger partial charge in [0, 0.05) is 17.1 Å². The second-order valence-corrected chi connectivity index (χ2v) is 5.99. The van der Waals surface area contributed by atoms with E-state index in [9.17, 15) is 10.1 Å². The number of hydrogen-bond donors (Lipinski definition) is 0. The normalized spacial score (nSPS) is 17.5. The van der Waals surface area contributed by atoms with Crippen molar-refractivity contribution in [1.82, 2.24) is 4.90 Å². The van der Waals surface area contributed by atoms with E-state index in [1.165, 1.54) is 0 Å². The second-order valence-electron chi connectivity index (χ2n) is 5.08. The Bertz CT molecular complexity index is 515. The highest BCUT2D eigenvalue weighted by atomic mass is 79.9. The highest BCUT2D eigenvalue weighted by Gasteiger charge is 2.39. The Morgan fingerprint density at radius 1 is 1.37 bits per heavy atom. The predicted molar refractivity (Wildman–Crippen MR) is 77.7 cm³/mol. The number of nitrogens with zero attached hydrogens (tertiary/aromatic N) is 2. The molecule has 0 aliphatic heterocycles. The van der Waals surface area contributed by atoms with E-state index in [0.717, 1.165) is 36.6 Å². The Hall–Kier alpha value is -1.34. The first-order valence-electron chi connectivity index (χ1n) is 6.54. The van der Waals surface area contributed by atoms with Gasteiger partial charge in [-0.1, -0.05) is 41.3 Å². The quantitative estimate of drug-likeness (QED) is 0.833. The van der Waals surface area contributed by atoms with E-state index in [0.29, 0.717) is 5.56 Å². The monoisotopic (exact) mass is 320 g/mol. The summed E-state index contributed by atoms with van der Waals surface area (Å²) < 4.78 is 0.876. The fraction of sp³-hybridized carbons (Fsp3) is 0.467. The molecule has 1 fully saturated rings. The molecule has 0 bridgehead atoms. The lowest BCUT2D eigenvalue weighted by Gasteiger charge is -2.39. The Morgan fingerprint density at radius 3 is 2.63 bits per heavy atom. The highest BCUT2D eigenvalue weighted by Crippen LogP contribution is 2.33. The number of amides is 1. The molecule has 1 aliphatic rings. The predicted octanol–water partition coefficient (Wildman–Crippen LogP) is 3.75. The minimum atomic E-state index is -0.627. The van der Waals surface area contributed by atoms with E-state index in [1.54, 1.807) is 24.1 Å². The summed E-state index contributed by atoms with van der Waals surface area (Å²) in [5.41, 5.74) is -0.00504. The van der Waals surface area contributed by atoms with Crippen molar-refractivity contribution < 1.29 is 4.79 Å². The van der Waals surface area contributed by atoms with E-state index in [-0.39, 0.29) is 5.91 Å². The largest absolute Gasteiger partial charge is 0.323 e. The van der Waals surface area contributed by atoms with Crippen molar-refractivity contribution in [2.45, 2.75) is 37.6 Å². The Morgan fingerprint density at radius 2 is 2.05 bits per heavy atom. The van der Waals surface area contributed by atoms with Crippen LogP contribution in [0.2, 0.25) is 0 Å². The molecule has 0 N–H and O–H groups in total. The molecular formula is C15H17BrN2O. The fourth-order valence-electron chi connectivity index (χ4n) is 2.67. The number of rotatable bonds is 2. The molecule has 1 aromatic rings. The van der Waals surface area contributed by atoms with Crippen molar-refractivity contribution >= 4 is 21.8 Å². The van der Waals surface area contributed by atoms with Gasteiger partial charge < -0.3 is 4.90 Å². The van der Waals surface area contributed by atoms with Gasteiger partial charge in [0.2, 0.25) is 0 Å². The maximum Gasteiger partial charge on any atom is 0.254 e. The van der Waals surface area contributed by atoms with Gasteiger partial charge in [0.25, 0.3) is 5.91 Å². The number of carbonyl (C=O) groups excluding carboxylic acids is 1. The average molecular weight is 321 g/mol. The molecule has 100 valence electrons. The summed E-state index contributed by atoms with van der Waals surface area (Å²) in [6, 6.07) is 9.69. The maximum atomic E-state index is 12.5. The van der Waals surface area contributed by atoms with Crippen LogP contribution in [0.15, 0.2) is 28.7 Å². The molecule has 1 saturated carbocycles. The molecule has 1 aromatic carbocycles. The molecule has 3 nitrogen and oxygen atoms in total. The SMILES string of the molecule is CN(C(=O)c1cccc(Br)c1)C1(C#N)CCCCC1. The van der Waals surface area contributed by atoms with E-state index < -0.39 is 5.54 Å². The van der Waals surface area contributed by atoms with Crippen LogP contribution in [0.25, 0.3) is 0 Å². The lowest BCUT2D eigenvalue weighted by molar-refractivity contribution is 0.0589. The zero-order valence-electron chi connectivity index (χ0n) is 11.0. The molecule has 0 atom stereocenters. The summed E-state index contributed by atoms with van der Waals surface area (Å²) >= 11 is 3.37. The van der Waals surface area contributed by atoms with Gasteiger partial charge >= 0.3 is 0 Å². The van der Waals surface area contributed by atoms with E-state index in [2.05, 4.69) is 22.0 Å². The summed E-state index contributed by atoms with van der Waals surface area (Å²) in [7, 11) is 1.75. The zero-order valence-corrected chi connectivity index (χ0v) is 12.6. The Labute approximate surface area is 122 Å². The maximum absolute atomic E-state index is 12.5. The van der Waals surface area contributed by atoms with Crippen LogP contribution in [0.4, 0.5) is 0 Å². The molecule has 1 amide bonds. The third kappa shape index (κ3) is 2.82. The van der Waals surface area contributed by atoms with E-state index in [4.69, 9.17) is 0 Å². The van der Waals surface area contributed by atoms with Crippen LogP contribution in [-0.4, -0.2) is 23.4 Å². The van der Waals surface area contributed by atoms with Crippen LogP contribution >= 0.6 is 15.9 Å². The summed E-state index contributed by atoms with van der Waals surface area (Å²) in [6.45, 7) is 0. The third-order valence-corrected chi connectivity index (χ3v) is 4.40. The molecule has 0 radical (unpaired) electrons. The lowest BCUT2D eigenvalue weighted by Crippen LogP contribution is -2.49. The summed E-state index contributed by atoms with van der Waals surface area (Å²) in [4.78, 5) is 14.1. The van der Waals surface area contributed by atoms with Crippen molar-refractivity contribution in [2.75, 3.05) is 7.05 Å². The lowest BCUT2D eigenvalue weighted by atomic mass is 9.81. The molecule has 0 spiro atoms. The molecule has 19 heavy (non-hydrogen) atoms. The molecule has 0 heterocycles. The highest BCUT2D eigenvalue weighted by molar-refractivity contribution is 9.10. The van der Waals surface area contributed by atoms with E-state index in [1.807, 2.05) is 12.1 Å². The number of hydrogen-bond acceptors (Lipinski definition) is 2. The number of benzene rings is 1. The van der Waals surface area contributed by atoms with Gasteiger partial charge in [-0.05, 0) is 31.0 Å². The first-order chi connectivity index (χ1) is 9.09. The van der Waals surface area contributed by atoms with Crippen LogP contribution in [-0.2, 0) is 0 Å². The molecule has 0 unspecified atom stereocenters. The van der Waals surface area contributed by atoms with Gasteiger partial charge in [-0.2, -0.15) is 5.26 Å². The smallest absolute Gasteiger partial charge is 0.254 e. The number of nitriles is 1. The standard InChI is InChI=1S/C15H17BrN2O/c1-18(15(11-17)8-3-2-4-9-15)14(19)12-6-5-7-13(16)10-12/h5-7,10H,2-4,8-9H2,1H3. The molecular weight excluding hydrogens is 304 g/mol. The van der Waals surface area contributed by atoms with Crippen molar-refractivity contribution in [3.8, 4) is 6.07 Å². The van der Waals surface area contributed by atoms with E-state index >= 15 is 0 Å². The van der Waals surface area contributed by atoms with Crippen LogP contribution in [0.3, 0.4) is 0 Å². The minimum Gasteiger partial charge on any atom is -0.323 e. The van der Waals surface area contributed by atoms with Gasteiger partial charge in [-0.15, -0.1) is 0 Å². The van der Waals surface area contributed by atoms with Gasteiger partial charge in [0.15, 0.2) is 0 Å². The van der Waals surface area contributed by atoms with Gasteiger partial charge in [0.05, 0.1) is 6.07 Å². The average Bonchev–Trinajstić information content (AvgIpc) is 2.46. The van der Waals surface area contributed by atoms with Crippen LogP contribution in [0.1, 0.15) is 42.5 Å². The topological polar surface area (TPSA) is 44.1 Å². The van der Waals surface area contributed by atoms with Crippen molar-refractivity contribution in [3.63, 3.8) is 0 Å². The van der Waals surface area contributed by atoms with Crippen LogP contribution in [0.5, 0.6) is 0 Å². The molecule has 1 aliphatic carbocycles. The first-order valence-corrected chi connectivity index (χ1v) is 7.33. The minimum absolute atomic E-state index is 0.0789. The number of carbonyl (C=O) groups is 1. The fourth-order valence-corrected chi connectivity index (χ4v) is 3.07. The Balaban J connectivity index is 2.25. The second kappa shape index (κ2) is 5.75. The first kappa shape index (κ1) is 14.1. The third-order valence-electron chi connectivity index (χ3n) is 3.91. The Kier molecular flexibility index (Phi) is 4.26. The van der Waals surface area contributed by atoms with Gasteiger partial charge in [-0.3, -0.25) is 4.79 Å². The van der Waals surface area contributed by atoms with Crippen molar-refractivity contribution in [3.05, 3.63) is 34.3 Å². The molecule has 4 heteroatoms. The van der Waals surface area contributed by atoms with Gasteiger partial charge in [0.1, 0.15) is 5.54 Å². The van der Waals surface area contributed by atoms with Crippen LogP contribution < -0.4 is 0 Å². The van der Waals surface area contributed by atoms with Gasteiger partial charge in [-0.25, -0.2) is 0 Å². The van der Waals surface area contributed by atoms with Crippen molar-refractivity contribution in [1.29, 1.82) is 5.26 Å². The molecule has 0 aromatic heterocycles. The summed E-state index contributed by atoms with van der Waals surface area (Å²) in [5, 5.41) is 9.51. The zero-order chi connectivity index (χ0) is 13.9. The molecule has 0 saturated heterocycles. The summed E-state index contributed by atoms with van der Waals surface area (Å²) in [5.74, 6) is -0.0789. The van der Waals surface area contributed by atoms with Crippen molar-refractivity contribution in [2.24, 2.45) is 0 Å². The van der Waals surface area contributed by atoms with Crippen LogP contribution in [0, 0.1) is 11.3 Å².